The van der Waals surface area contributed by atoms with Crippen LogP contribution in [0.3, 0.4) is 0 Å². The summed E-state index contributed by atoms with van der Waals surface area (Å²) in [4.78, 5) is 35.6. The number of carbonyl (C=O) groups excluding carboxylic acids is 2. The summed E-state index contributed by atoms with van der Waals surface area (Å²) in [6.45, 7) is 3.81. The monoisotopic (exact) mass is 800 g/mol. The van der Waals surface area contributed by atoms with Crippen molar-refractivity contribution in [3.05, 3.63) is 83.2 Å². The zero-order valence-corrected chi connectivity index (χ0v) is 32.7. The van der Waals surface area contributed by atoms with Crippen LogP contribution in [0.15, 0.2) is 54.7 Å². The lowest BCUT2D eigenvalue weighted by Gasteiger charge is -2.41. The number of fused-ring (bicyclic) bond motifs is 1. The Morgan fingerprint density at radius 1 is 0.982 bits per heavy atom. The molecular formula is C41H46F2N8O5S. The molecule has 2 amide bonds. The van der Waals surface area contributed by atoms with E-state index >= 15 is 8.78 Å². The number of nitrogens with one attached hydrogen (secondary N) is 3. The molecule has 1 saturated carbocycles. The number of likely N-dealkylation sites (tertiary alicyclic amines) is 1. The average Bonchev–Trinajstić information content (AvgIpc) is 3.20. The van der Waals surface area contributed by atoms with Gasteiger partial charge in [-0.2, -0.15) is 18.0 Å². The van der Waals surface area contributed by atoms with E-state index in [1.165, 1.54) is 19.2 Å². The Kier molecular flexibility index (Phi) is 12.0. The van der Waals surface area contributed by atoms with Gasteiger partial charge in [0.15, 0.2) is 11.6 Å². The fraction of sp³-hybridized carbons (Fsp3) is 0.439. The minimum absolute atomic E-state index is 0.101. The number of benzene rings is 3. The summed E-state index contributed by atoms with van der Waals surface area (Å²) in [5, 5.41) is 15.3. The standard InChI is InChI=1S/C41H46F2N8O5S/c1-3-50(2)57(54,55)49-35-13-11-33(42)40(32(35)23-44)56-30-9-12-36-38(22-30)47-28(24-45-36)20-25-16-18-51(19-17-25)29-7-4-26(5-8-29)31-10-6-27(21-34(31)43)46-37-14-15-39(52)48-41(37)53/h6,9-13,21-22,24-26,29,37,46,49H,3-5,7-8,14-20H2,1-2H3,(H,48,52,53). The summed E-state index contributed by atoms with van der Waals surface area (Å²) < 4.78 is 64.8. The summed E-state index contributed by atoms with van der Waals surface area (Å²) in [7, 11) is -2.58. The van der Waals surface area contributed by atoms with Gasteiger partial charge in [-0.3, -0.25) is 24.6 Å². The second-order valence-electron chi connectivity index (χ2n) is 15.1. The van der Waals surface area contributed by atoms with Crippen LogP contribution in [0.1, 0.15) is 81.0 Å². The summed E-state index contributed by atoms with van der Waals surface area (Å²) in [5.74, 6) is -1.37. The molecule has 300 valence electrons. The molecule has 2 aliphatic heterocycles. The molecule has 57 heavy (non-hydrogen) atoms. The summed E-state index contributed by atoms with van der Waals surface area (Å²) >= 11 is 0. The molecule has 3 N–H and O–H groups in total. The van der Waals surface area contributed by atoms with Gasteiger partial charge < -0.3 is 15.0 Å². The number of ether oxygens (including phenoxy) is 1. The summed E-state index contributed by atoms with van der Waals surface area (Å²) in [6, 6.07) is 14.0. The van der Waals surface area contributed by atoms with Gasteiger partial charge in [0.1, 0.15) is 29.2 Å². The van der Waals surface area contributed by atoms with E-state index in [9.17, 15) is 23.3 Å². The molecule has 7 rings (SSSR count). The highest BCUT2D eigenvalue weighted by atomic mass is 32.2. The molecule has 0 spiro atoms. The predicted octanol–water partition coefficient (Wildman–Crippen LogP) is 6.38. The van der Waals surface area contributed by atoms with Crippen molar-refractivity contribution in [1.29, 1.82) is 5.26 Å². The van der Waals surface area contributed by atoms with Crippen molar-refractivity contribution in [2.24, 2.45) is 5.92 Å². The zero-order valence-electron chi connectivity index (χ0n) is 31.9. The van der Waals surface area contributed by atoms with Crippen molar-refractivity contribution in [3.8, 4) is 17.6 Å². The van der Waals surface area contributed by atoms with E-state index in [2.05, 4.69) is 25.2 Å². The molecule has 1 unspecified atom stereocenters. The highest BCUT2D eigenvalue weighted by Gasteiger charge is 2.32. The first kappa shape index (κ1) is 40.0. The second kappa shape index (κ2) is 17.1. The number of nitrogens with zero attached hydrogens (tertiary/aromatic N) is 5. The molecule has 0 radical (unpaired) electrons. The molecule has 0 bridgehead atoms. The maximum absolute atomic E-state index is 15.3. The molecule has 1 aromatic heterocycles. The van der Waals surface area contributed by atoms with Crippen LogP contribution in [-0.2, 0) is 26.2 Å². The lowest BCUT2D eigenvalue weighted by atomic mass is 9.80. The van der Waals surface area contributed by atoms with Gasteiger partial charge in [0.05, 0.1) is 22.4 Å². The lowest BCUT2D eigenvalue weighted by Crippen LogP contribution is -2.47. The van der Waals surface area contributed by atoms with E-state index in [-0.39, 0.29) is 53.5 Å². The fourth-order valence-electron chi connectivity index (χ4n) is 8.10. The van der Waals surface area contributed by atoms with Gasteiger partial charge in [0.25, 0.3) is 0 Å². The predicted molar refractivity (Wildman–Crippen MR) is 211 cm³/mol. The molecule has 1 atom stereocenters. The third-order valence-electron chi connectivity index (χ3n) is 11.5. The number of amides is 2. The normalized spacial score (nSPS) is 20.9. The largest absolute Gasteiger partial charge is 0.453 e. The van der Waals surface area contributed by atoms with Gasteiger partial charge in [-0.25, -0.2) is 13.8 Å². The smallest absolute Gasteiger partial charge is 0.301 e. The number of hydrogen-bond acceptors (Lipinski definition) is 10. The maximum atomic E-state index is 15.3. The highest BCUT2D eigenvalue weighted by molar-refractivity contribution is 7.90. The van der Waals surface area contributed by atoms with Crippen LogP contribution in [0.25, 0.3) is 11.0 Å². The van der Waals surface area contributed by atoms with Crippen LogP contribution in [0.2, 0.25) is 0 Å². The van der Waals surface area contributed by atoms with E-state index in [1.54, 1.807) is 31.3 Å². The van der Waals surface area contributed by atoms with E-state index in [0.717, 1.165) is 74.1 Å². The summed E-state index contributed by atoms with van der Waals surface area (Å²) in [5.41, 5.74) is 2.87. The third kappa shape index (κ3) is 9.16. The van der Waals surface area contributed by atoms with Gasteiger partial charge in [0.2, 0.25) is 11.8 Å². The number of carbonyl (C=O) groups is 2. The first-order valence-corrected chi connectivity index (χ1v) is 20.9. The van der Waals surface area contributed by atoms with Crippen LogP contribution >= 0.6 is 0 Å². The van der Waals surface area contributed by atoms with Crippen molar-refractivity contribution in [2.45, 2.75) is 82.7 Å². The molecule has 13 nitrogen and oxygen atoms in total. The van der Waals surface area contributed by atoms with E-state index in [4.69, 9.17) is 9.72 Å². The van der Waals surface area contributed by atoms with Crippen LogP contribution in [0, 0.1) is 28.9 Å². The molecule has 1 aliphatic carbocycles. The molecule has 3 aliphatic rings. The van der Waals surface area contributed by atoms with Crippen molar-refractivity contribution in [1.82, 2.24) is 24.5 Å². The minimum Gasteiger partial charge on any atom is -0.453 e. The number of aromatic nitrogens is 2. The number of anilines is 2. The van der Waals surface area contributed by atoms with E-state index in [1.807, 2.05) is 18.2 Å². The molecule has 3 aromatic carbocycles. The van der Waals surface area contributed by atoms with Gasteiger partial charge in [-0.1, -0.05) is 13.0 Å². The molecular weight excluding hydrogens is 755 g/mol. The molecule has 2 saturated heterocycles. The maximum Gasteiger partial charge on any atom is 0.301 e. The minimum atomic E-state index is -3.97. The Hall–Kier alpha value is -5.24. The molecule has 16 heteroatoms. The number of hydrogen-bond donors (Lipinski definition) is 3. The first-order valence-electron chi connectivity index (χ1n) is 19.4. The van der Waals surface area contributed by atoms with Gasteiger partial charge in [0, 0.05) is 44.0 Å². The number of rotatable bonds is 12. The SMILES string of the molecule is CCN(C)S(=O)(=O)Nc1ccc(F)c(Oc2ccc3ncc(CC4CCN(C5CCC(c6ccc(NC7CCC(=O)NC7=O)cc6F)CC5)CC4)nc3c2)c1C#N. The third-order valence-corrected chi connectivity index (χ3v) is 13.0. The Balaban J connectivity index is 0.922. The number of piperidine rings is 2. The quantitative estimate of drug-likeness (QED) is 0.137. The number of halogens is 2. The van der Waals surface area contributed by atoms with Gasteiger partial charge in [-0.15, -0.1) is 0 Å². The Morgan fingerprint density at radius 2 is 1.75 bits per heavy atom. The van der Waals surface area contributed by atoms with Crippen molar-refractivity contribution < 1.29 is 31.5 Å². The fourth-order valence-corrected chi connectivity index (χ4v) is 9.04. The zero-order chi connectivity index (χ0) is 40.3. The van der Waals surface area contributed by atoms with Crippen molar-refractivity contribution in [3.63, 3.8) is 0 Å². The first-order chi connectivity index (χ1) is 27.4. The lowest BCUT2D eigenvalue weighted by molar-refractivity contribution is -0.133. The second-order valence-corrected chi connectivity index (χ2v) is 16.9. The Labute approximate surface area is 331 Å². The molecule has 3 fully saturated rings. The summed E-state index contributed by atoms with van der Waals surface area (Å²) in [6.07, 6.45) is 9.03. The topological polar surface area (TPSA) is 170 Å². The van der Waals surface area contributed by atoms with Crippen LogP contribution in [0.5, 0.6) is 11.5 Å². The Bertz CT molecular complexity index is 2310. The van der Waals surface area contributed by atoms with Crippen LogP contribution < -0.4 is 20.1 Å². The highest BCUT2D eigenvalue weighted by Crippen LogP contribution is 2.38. The van der Waals surface area contributed by atoms with Gasteiger partial charge in [-0.05, 0) is 118 Å². The van der Waals surface area contributed by atoms with Crippen molar-refractivity contribution in [2.75, 3.05) is 36.7 Å². The van der Waals surface area contributed by atoms with E-state index < -0.39 is 27.8 Å². The van der Waals surface area contributed by atoms with Crippen LogP contribution in [-0.4, -0.2) is 78.2 Å². The molecule has 4 aromatic rings. The van der Waals surface area contributed by atoms with E-state index in [0.29, 0.717) is 40.7 Å². The average molecular weight is 801 g/mol. The van der Waals surface area contributed by atoms with Gasteiger partial charge >= 0.3 is 10.2 Å². The molecule has 3 heterocycles. The number of imide groups is 1. The Morgan fingerprint density at radius 3 is 2.46 bits per heavy atom. The number of nitriles is 1. The van der Waals surface area contributed by atoms with Crippen LogP contribution in [0.4, 0.5) is 20.2 Å². The van der Waals surface area contributed by atoms with Crippen molar-refractivity contribution >= 4 is 44.4 Å².